The van der Waals surface area contributed by atoms with Gasteiger partial charge in [-0.15, -0.1) is 0 Å². The van der Waals surface area contributed by atoms with Crippen molar-refractivity contribution in [2.24, 2.45) is 0 Å². The van der Waals surface area contributed by atoms with E-state index in [-0.39, 0.29) is 6.04 Å². The Bertz CT molecular complexity index is 1150. The van der Waals surface area contributed by atoms with Gasteiger partial charge in [0.15, 0.2) is 0 Å². The SMILES string of the molecule is Cc1cccc(CN2CCN(C)[C@H](c3cn4c(-c5ccncc5)cccc4n3)C2)n1. The quantitative estimate of drug-likeness (QED) is 0.526. The Morgan fingerprint density at radius 1 is 0.967 bits per heavy atom. The van der Waals surface area contributed by atoms with Crippen molar-refractivity contribution < 1.29 is 0 Å². The number of aryl methyl sites for hydroxylation is 1. The Morgan fingerprint density at radius 2 is 1.80 bits per heavy atom. The fraction of sp³-hybridized carbons (Fsp3) is 0.292. The monoisotopic (exact) mass is 398 g/mol. The molecule has 1 aliphatic rings. The van der Waals surface area contributed by atoms with Gasteiger partial charge in [-0.3, -0.25) is 24.2 Å². The summed E-state index contributed by atoms with van der Waals surface area (Å²) >= 11 is 0. The molecule has 0 saturated carbocycles. The second kappa shape index (κ2) is 7.97. The van der Waals surface area contributed by atoms with Crippen LogP contribution in [0.15, 0.2) is 67.1 Å². The molecule has 0 N–H and O–H groups in total. The van der Waals surface area contributed by atoms with E-state index in [1.54, 1.807) is 0 Å². The molecule has 6 heteroatoms. The lowest BCUT2D eigenvalue weighted by molar-refractivity contribution is 0.0876. The Labute approximate surface area is 176 Å². The molecule has 1 fully saturated rings. The number of likely N-dealkylation sites (N-methyl/N-ethyl adjacent to an activating group) is 1. The van der Waals surface area contributed by atoms with Crippen molar-refractivity contribution in [3.05, 3.63) is 84.2 Å². The summed E-state index contributed by atoms with van der Waals surface area (Å²) in [6.07, 6.45) is 5.86. The molecule has 4 aromatic rings. The summed E-state index contributed by atoms with van der Waals surface area (Å²) < 4.78 is 2.19. The predicted octanol–water partition coefficient (Wildman–Crippen LogP) is 3.59. The Balaban J connectivity index is 1.43. The summed E-state index contributed by atoms with van der Waals surface area (Å²) in [5.74, 6) is 0. The van der Waals surface area contributed by atoms with Gasteiger partial charge < -0.3 is 0 Å². The largest absolute Gasteiger partial charge is 0.299 e. The van der Waals surface area contributed by atoms with Crippen LogP contribution in [0.1, 0.15) is 23.1 Å². The van der Waals surface area contributed by atoms with E-state index in [0.717, 1.165) is 60.2 Å². The number of piperazine rings is 1. The van der Waals surface area contributed by atoms with Crippen LogP contribution in [0.2, 0.25) is 0 Å². The molecule has 6 nitrogen and oxygen atoms in total. The second-order valence-corrected chi connectivity index (χ2v) is 8.04. The molecule has 1 saturated heterocycles. The van der Waals surface area contributed by atoms with Crippen LogP contribution < -0.4 is 0 Å². The molecule has 5 heterocycles. The molecule has 30 heavy (non-hydrogen) atoms. The number of pyridine rings is 3. The van der Waals surface area contributed by atoms with E-state index in [9.17, 15) is 0 Å². The summed E-state index contributed by atoms with van der Waals surface area (Å²) in [6, 6.07) is 16.9. The molecular formula is C24H26N6. The van der Waals surface area contributed by atoms with Crippen molar-refractivity contribution in [2.75, 3.05) is 26.7 Å². The van der Waals surface area contributed by atoms with Crippen molar-refractivity contribution in [2.45, 2.75) is 19.5 Å². The topological polar surface area (TPSA) is 49.6 Å². The number of aromatic nitrogens is 4. The minimum Gasteiger partial charge on any atom is -0.299 e. The summed E-state index contributed by atoms with van der Waals surface area (Å²) in [4.78, 5) is 18.7. The Morgan fingerprint density at radius 3 is 2.63 bits per heavy atom. The van der Waals surface area contributed by atoms with Gasteiger partial charge >= 0.3 is 0 Å². The van der Waals surface area contributed by atoms with E-state index >= 15 is 0 Å². The third-order valence-electron chi connectivity index (χ3n) is 5.89. The van der Waals surface area contributed by atoms with Gasteiger partial charge in [0.2, 0.25) is 0 Å². The number of rotatable bonds is 4. The number of hydrogen-bond acceptors (Lipinski definition) is 5. The van der Waals surface area contributed by atoms with E-state index in [0.29, 0.717) is 0 Å². The van der Waals surface area contributed by atoms with Gasteiger partial charge in [-0.25, -0.2) is 4.98 Å². The normalized spacial score (nSPS) is 18.1. The fourth-order valence-corrected chi connectivity index (χ4v) is 4.26. The van der Waals surface area contributed by atoms with Gasteiger partial charge in [0.1, 0.15) is 5.65 Å². The molecular weight excluding hydrogens is 372 g/mol. The van der Waals surface area contributed by atoms with Crippen LogP contribution in [-0.2, 0) is 6.54 Å². The van der Waals surface area contributed by atoms with Crippen LogP contribution in [0.25, 0.3) is 16.9 Å². The first kappa shape index (κ1) is 18.9. The molecule has 4 aromatic heterocycles. The molecule has 0 spiro atoms. The van der Waals surface area contributed by atoms with Crippen molar-refractivity contribution >= 4 is 5.65 Å². The zero-order valence-electron chi connectivity index (χ0n) is 17.4. The number of nitrogens with zero attached hydrogens (tertiary/aromatic N) is 6. The summed E-state index contributed by atoms with van der Waals surface area (Å²) in [5, 5.41) is 0. The molecule has 152 valence electrons. The van der Waals surface area contributed by atoms with Crippen molar-refractivity contribution in [3.8, 4) is 11.3 Å². The Hall–Kier alpha value is -3.09. The van der Waals surface area contributed by atoms with Gasteiger partial charge in [-0.05, 0) is 50.4 Å². The van der Waals surface area contributed by atoms with Crippen molar-refractivity contribution in [1.82, 2.24) is 29.2 Å². The third-order valence-corrected chi connectivity index (χ3v) is 5.89. The van der Waals surface area contributed by atoms with E-state index in [2.05, 4.69) is 67.7 Å². The highest BCUT2D eigenvalue weighted by Gasteiger charge is 2.28. The minimum absolute atomic E-state index is 0.258. The molecule has 0 amide bonds. The smallest absolute Gasteiger partial charge is 0.137 e. The molecule has 0 bridgehead atoms. The molecule has 0 radical (unpaired) electrons. The first-order valence-corrected chi connectivity index (χ1v) is 10.4. The van der Waals surface area contributed by atoms with E-state index in [1.807, 2.05) is 37.5 Å². The van der Waals surface area contributed by atoms with Crippen LogP contribution in [-0.4, -0.2) is 55.8 Å². The highest BCUT2D eigenvalue weighted by Crippen LogP contribution is 2.27. The minimum atomic E-state index is 0.258. The number of fused-ring (bicyclic) bond motifs is 1. The average Bonchev–Trinajstić information content (AvgIpc) is 3.20. The number of hydrogen-bond donors (Lipinski definition) is 0. The molecule has 5 rings (SSSR count). The zero-order chi connectivity index (χ0) is 20.5. The molecule has 0 aromatic carbocycles. The third kappa shape index (κ3) is 3.72. The lowest BCUT2D eigenvalue weighted by Gasteiger charge is -2.38. The average molecular weight is 399 g/mol. The molecule has 0 unspecified atom stereocenters. The van der Waals surface area contributed by atoms with Crippen molar-refractivity contribution in [3.63, 3.8) is 0 Å². The summed E-state index contributed by atoms with van der Waals surface area (Å²) in [5.41, 5.74) is 6.57. The van der Waals surface area contributed by atoms with Crippen LogP contribution in [0, 0.1) is 6.92 Å². The molecule has 1 aliphatic heterocycles. The van der Waals surface area contributed by atoms with Crippen LogP contribution >= 0.6 is 0 Å². The first-order valence-electron chi connectivity index (χ1n) is 10.4. The first-order chi connectivity index (χ1) is 14.7. The van der Waals surface area contributed by atoms with Gasteiger partial charge in [0.05, 0.1) is 23.1 Å². The highest BCUT2D eigenvalue weighted by atomic mass is 15.3. The van der Waals surface area contributed by atoms with Gasteiger partial charge in [0, 0.05) is 56.0 Å². The van der Waals surface area contributed by atoms with Crippen LogP contribution in [0.3, 0.4) is 0 Å². The Kier molecular flexibility index (Phi) is 5.02. The van der Waals surface area contributed by atoms with E-state index in [4.69, 9.17) is 4.98 Å². The maximum atomic E-state index is 4.99. The highest BCUT2D eigenvalue weighted by molar-refractivity contribution is 5.63. The van der Waals surface area contributed by atoms with E-state index < -0.39 is 0 Å². The molecule has 1 atom stereocenters. The second-order valence-electron chi connectivity index (χ2n) is 8.04. The van der Waals surface area contributed by atoms with Gasteiger partial charge in [0.25, 0.3) is 0 Å². The zero-order valence-corrected chi connectivity index (χ0v) is 17.4. The van der Waals surface area contributed by atoms with Crippen LogP contribution in [0.4, 0.5) is 0 Å². The summed E-state index contributed by atoms with van der Waals surface area (Å²) in [7, 11) is 2.20. The summed E-state index contributed by atoms with van der Waals surface area (Å²) in [6.45, 7) is 5.93. The number of imidazole rings is 1. The lowest BCUT2D eigenvalue weighted by Crippen LogP contribution is -2.46. The molecule has 0 aliphatic carbocycles. The van der Waals surface area contributed by atoms with Crippen LogP contribution in [0.5, 0.6) is 0 Å². The fourth-order valence-electron chi connectivity index (χ4n) is 4.26. The van der Waals surface area contributed by atoms with Crippen molar-refractivity contribution in [1.29, 1.82) is 0 Å². The maximum Gasteiger partial charge on any atom is 0.137 e. The van der Waals surface area contributed by atoms with Gasteiger partial charge in [-0.1, -0.05) is 12.1 Å². The standard InChI is InChI=1S/C24H26N6/c1-18-5-3-6-20(26-18)15-29-14-13-28(2)23(17-29)21-16-30-22(7-4-8-24(30)27-21)19-9-11-25-12-10-19/h3-12,16,23H,13-15,17H2,1-2H3/t23-/m0/s1. The maximum absolute atomic E-state index is 4.99. The van der Waals surface area contributed by atoms with Gasteiger partial charge in [-0.2, -0.15) is 0 Å². The van der Waals surface area contributed by atoms with E-state index in [1.165, 1.54) is 0 Å². The predicted molar refractivity (Wildman–Crippen MR) is 118 cm³/mol. The lowest BCUT2D eigenvalue weighted by atomic mass is 10.1.